The number of imidazole rings is 1. The van der Waals surface area contributed by atoms with Crippen LogP contribution in [0.4, 0.5) is 20.6 Å². The minimum Gasteiger partial charge on any atom is -0.397 e. The van der Waals surface area contributed by atoms with Gasteiger partial charge in [0.1, 0.15) is 11.9 Å². The van der Waals surface area contributed by atoms with Crippen molar-refractivity contribution < 1.29 is 14.0 Å². The van der Waals surface area contributed by atoms with E-state index < -0.39 is 6.04 Å². The number of nitrogens with two attached hydrogens (primary N) is 1. The lowest BCUT2D eigenvalue weighted by Crippen LogP contribution is -2.57. The molecule has 246 valence electrons. The highest BCUT2D eigenvalue weighted by atomic mass is 79.9. The molecule has 47 heavy (non-hydrogen) atoms. The predicted molar refractivity (Wildman–Crippen MR) is 188 cm³/mol. The molecule has 1 atom stereocenters. The van der Waals surface area contributed by atoms with Gasteiger partial charge in [-0.3, -0.25) is 9.36 Å². The molecule has 4 N–H and O–H groups in total. The van der Waals surface area contributed by atoms with Crippen LogP contribution in [0, 0.1) is 5.82 Å². The van der Waals surface area contributed by atoms with Crippen molar-refractivity contribution in [3.8, 4) is 11.3 Å². The maximum atomic E-state index is 14.0. The SMILES string of the molecule is Nc1c(Br)cc(C[C@H](NC(=O)N2CCC(n3cc(-c4ccccc4)[nH]c3=O)CC2)C(=O)N2CCN(c3ccc(F)cc3)CC2)cc1Br. The van der Waals surface area contributed by atoms with Gasteiger partial charge in [-0.1, -0.05) is 30.3 Å². The molecular weight excluding hydrogens is 733 g/mol. The molecule has 2 fully saturated rings. The third-order valence-corrected chi connectivity index (χ3v) is 10.2. The molecule has 0 bridgehead atoms. The number of hydrogen-bond donors (Lipinski definition) is 3. The van der Waals surface area contributed by atoms with Crippen LogP contribution in [0.2, 0.25) is 0 Å². The highest BCUT2D eigenvalue weighted by molar-refractivity contribution is 9.11. The molecular formula is C34H36Br2FN7O3. The van der Waals surface area contributed by atoms with E-state index in [1.54, 1.807) is 26.5 Å². The standard InChI is InChI=1S/C34H36Br2FN7O3/c35-27-18-22(19-28(36)31(27)38)20-29(32(45)42-16-14-41(15-17-42)25-8-6-24(37)7-9-25)39-33(46)43-12-10-26(11-13-43)44-21-30(40-34(44)47)23-4-2-1-3-5-23/h1-9,18-19,21,26,29H,10-17,20,38H2,(H,39,46)(H,40,47)/t29-/m0/s1. The number of rotatable bonds is 7. The lowest BCUT2D eigenvalue weighted by Gasteiger charge is -2.38. The van der Waals surface area contributed by atoms with Crippen molar-refractivity contribution in [2.45, 2.75) is 31.3 Å². The first-order valence-electron chi connectivity index (χ1n) is 15.6. The molecule has 3 amide bonds. The molecule has 3 aromatic carbocycles. The highest BCUT2D eigenvalue weighted by Gasteiger charge is 2.32. The number of likely N-dealkylation sites (tertiary alicyclic amines) is 1. The summed E-state index contributed by atoms with van der Waals surface area (Å²) in [6, 6.07) is 18.6. The predicted octanol–water partition coefficient (Wildman–Crippen LogP) is 5.40. The van der Waals surface area contributed by atoms with Crippen LogP contribution in [-0.4, -0.2) is 76.6 Å². The number of carbonyl (C=O) groups excluding carboxylic acids is 2. The number of benzene rings is 3. The van der Waals surface area contributed by atoms with Crippen molar-refractivity contribution in [1.82, 2.24) is 24.7 Å². The first kappa shape index (κ1) is 32.8. The van der Waals surface area contributed by atoms with Gasteiger partial charge in [0, 0.05) is 72.6 Å². The quantitative estimate of drug-likeness (QED) is 0.218. The number of piperazine rings is 1. The highest BCUT2D eigenvalue weighted by Crippen LogP contribution is 2.30. The smallest absolute Gasteiger partial charge is 0.326 e. The molecule has 13 heteroatoms. The van der Waals surface area contributed by atoms with E-state index in [1.165, 1.54) is 12.1 Å². The minimum atomic E-state index is -0.805. The molecule has 0 aliphatic carbocycles. The lowest BCUT2D eigenvalue weighted by molar-refractivity contribution is -0.133. The van der Waals surface area contributed by atoms with Gasteiger partial charge in [0.05, 0.1) is 11.4 Å². The van der Waals surface area contributed by atoms with Crippen molar-refractivity contribution in [2.24, 2.45) is 0 Å². The van der Waals surface area contributed by atoms with Gasteiger partial charge < -0.3 is 30.7 Å². The molecule has 4 aromatic rings. The number of nitrogens with zero attached hydrogens (tertiary/aromatic N) is 4. The van der Waals surface area contributed by atoms with Gasteiger partial charge >= 0.3 is 11.7 Å². The third kappa shape index (κ3) is 7.57. The molecule has 2 aliphatic heterocycles. The summed E-state index contributed by atoms with van der Waals surface area (Å²) in [5, 5.41) is 3.03. The molecule has 2 saturated heterocycles. The van der Waals surface area contributed by atoms with Crippen LogP contribution in [0.3, 0.4) is 0 Å². The van der Waals surface area contributed by atoms with E-state index in [-0.39, 0.29) is 35.9 Å². The Morgan fingerprint density at radius 1 is 0.915 bits per heavy atom. The zero-order valence-corrected chi connectivity index (χ0v) is 28.8. The summed E-state index contributed by atoms with van der Waals surface area (Å²) in [6.07, 6.45) is 3.35. The van der Waals surface area contributed by atoms with Gasteiger partial charge in [0.2, 0.25) is 5.91 Å². The fraction of sp³-hybridized carbons (Fsp3) is 0.324. The Morgan fingerprint density at radius 2 is 1.55 bits per heavy atom. The number of halogens is 3. The summed E-state index contributed by atoms with van der Waals surface area (Å²) in [6.45, 7) is 3.03. The van der Waals surface area contributed by atoms with Crippen molar-refractivity contribution in [3.63, 3.8) is 0 Å². The fourth-order valence-corrected chi connectivity index (χ4v) is 7.56. The van der Waals surface area contributed by atoms with Crippen LogP contribution in [0.15, 0.2) is 86.7 Å². The number of nitrogen functional groups attached to an aromatic ring is 1. The van der Waals surface area contributed by atoms with Crippen LogP contribution >= 0.6 is 31.9 Å². The number of nitrogens with one attached hydrogen (secondary N) is 2. The molecule has 0 radical (unpaired) electrons. The monoisotopic (exact) mass is 767 g/mol. The molecule has 2 aliphatic rings. The Kier molecular flexibility index (Phi) is 10.0. The van der Waals surface area contributed by atoms with Gasteiger partial charge in [0.25, 0.3) is 0 Å². The van der Waals surface area contributed by atoms with Gasteiger partial charge in [0.15, 0.2) is 0 Å². The van der Waals surface area contributed by atoms with Crippen LogP contribution < -0.4 is 21.6 Å². The fourth-order valence-electron chi connectivity index (χ4n) is 6.28. The third-order valence-electron chi connectivity index (χ3n) is 8.93. The molecule has 0 unspecified atom stereocenters. The average molecular weight is 770 g/mol. The number of amides is 3. The van der Waals surface area contributed by atoms with E-state index in [4.69, 9.17) is 5.73 Å². The zero-order valence-electron chi connectivity index (χ0n) is 25.7. The van der Waals surface area contributed by atoms with E-state index in [1.807, 2.05) is 48.7 Å². The van der Waals surface area contributed by atoms with Crippen molar-refractivity contribution in [1.29, 1.82) is 0 Å². The maximum absolute atomic E-state index is 14.0. The summed E-state index contributed by atoms with van der Waals surface area (Å²) in [5.41, 5.74) is 9.93. The van der Waals surface area contributed by atoms with E-state index in [9.17, 15) is 18.8 Å². The molecule has 0 spiro atoms. The number of piperidine rings is 1. The number of hydrogen-bond acceptors (Lipinski definition) is 5. The number of urea groups is 1. The number of aromatic nitrogens is 2. The van der Waals surface area contributed by atoms with Crippen LogP contribution in [0.25, 0.3) is 11.3 Å². The van der Waals surface area contributed by atoms with Crippen molar-refractivity contribution >= 4 is 55.2 Å². The Labute approximate surface area is 289 Å². The second-order valence-corrected chi connectivity index (χ2v) is 13.6. The van der Waals surface area contributed by atoms with E-state index in [2.05, 4.69) is 47.1 Å². The largest absolute Gasteiger partial charge is 0.397 e. The molecule has 1 aromatic heterocycles. The summed E-state index contributed by atoms with van der Waals surface area (Å²) in [4.78, 5) is 49.0. The summed E-state index contributed by atoms with van der Waals surface area (Å²) in [7, 11) is 0. The van der Waals surface area contributed by atoms with Gasteiger partial charge in [-0.25, -0.2) is 14.0 Å². The second kappa shape index (κ2) is 14.3. The lowest BCUT2D eigenvalue weighted by atomic mass is 10.0. The van der Waals surface area contributed by atoms with Crippen LogP contribution in [0.5, 0.6) is 0 Å². The van der Waals surface area contributed by atoms with E-state index in [0.717, 1.165) is 22.5 Å². The van der Waals surface area contributed by atoms with Gasteiger partial charge in [-0.05, 0) is 92.2 Å². The van der Waals surface area contributed by atoms with Crippen molar-refractivity contribution in [2.75, 3.05) is 49.9 Å². The number of aromatic amines is 1. The zero-order chi connectivity index (χ0) is 33.1. The van der Waals surface area contributed by atoms with Gasteiger partial charge in [-0.2, -0.15) is 0 Å². The van der Waals surface area contributed by atoms with Crippen molar-refractivity contribution in [3.05, 3.63) is 104 Å². The topological polar surface area (TPSA) is 120 Å². The van der Waals surface area contributed by atoms with Crippen LogP contribution in [-0.2, 0) is 11.2 Å². The first-order valence-corrected chi connectivity index (χ1v) is 17.2. The number of anilines is 2. The second-order valence-electron chi connectivity index (χ2n) is 11.9. The minimum absolute atomic E-state index is 0.0421. The Bertz CT molecular complexity index is 1760. The van der Waals surface area contributed by atoms with E-state index >= 15 is 0 Å². The Balaban J connectivity index is 1.12. The van der Waals surface area contributed by atoms with E-state index in [0.29, 0.717) is 66.7 Å². The van der Waals surface area contributed by atoms with Gasteiger partial charge in [-0.15, -0.1) is 0 Å². The average Bonchev–Trinajstić information content (AvgIpc) is 3.48. The summed E-state index contributed by atoms with van der Waals surface area (Å²) >= 11 is 6.98. The number of H-pyrrole nitrogens is 1. The Hall–Kier alpha value is -4.10. The normalized spacial score (nSPS) is 16.3. The first-order chi connectivity index (χ1) is 22.7. The number of carbonyl (C=O) groups is 2. The maximum Gasteiger partial charge on any atom is 0.326 e. The Morgan fingerprint density at radius 3 is 2.19 bits per heavy atom. The summed E-state index contributed by atoms with van der Waals surface area (Å²) in [5.74, 6) is -0.453. The molecule has 3 heterocycles. The molecule has 0 saturated carbocycles. The molecule has 6 rings (SSSR count). The van der Waals surface area contributed by atoms with Crippen LogP contribution in [0.1, 0.15) is 24.4 Å². The summed E-state index contributed by atoms with van der Waals surface area (Å²) < 4.78 is 16.6. The molecule has 10 nitrogen and oxygen atoms in total.